The van der Waals surface area contributed by atoms with Gasteiger partial charge < -0.3 is 10.2 Å². The highest BCUT2D eigenvalue weighted by atomic mass is 32.2. The topological polar surface area (TPSA) is 57.5 Å². The van der Waals surface area contributed by atoms with Crippen molar-refractivity contribution in [3.8, 4) is 0 Å². The van der Waals surface area contributed by atoms with Crippen molar-refractivity contribution in [2.75, 3.05) is 11.5 Å². The van der Waals surface area contributed by atoms with E-state index in [1.165, 1.54) is 0 Å². The van der Waals surface area contributed by atoms with Crippen molar-refractivity contribution >= 4 is 17.7 Å². The Labute approximate surface area is 88.9 Å². The zero-order valence-corrected chi connectivity index (χ0v) is 9.56. The van der Waals surface area contributed by atoms with Gasteiger partial charge in [0.05, 0.1) is 12.0 Å². The Balaban J connectivity index is 2.21. The summed E-state index contributed by atoms with van der Waals surface area (Å²) in [6.07, 6.45) is 2.34. The second-order valence-corrected chi connectivity index (χ2v) is 5.86. The molecule has 0 atom stereocenters. The van der Waals surface area contributed by atoms with Crippen LogP contribution in [0.3, 0.4) is 0 Å². The molecule has 4 heteroatoms. The van der Waals surface area contributed by atoms with Gasteiger partial charge in [0, 0.05) is 5.75 Å². The lowest BCUT2D eigenvalue weighted by molar-refractivity contribution is -0.138. The van der Waals surface area contributed by atoms with Gasteiger partial charge in [-0.15, -0.1) is 0 Å². The third kappa shape index (κ3) is 4.33. The van der Waals surface area contributed by atoms with Crippen LogP contribution in [0.1, 0.15) is 33.1 Å². The number of rotatable bonds is 6. The average molecular weight is 218 g/mol. The molecule has 0 aromatic rings. The Bertz CT molecular complexity index is 216. The van der Waals surface area contributed by atoms with Crippen molar-refractivity contribution in [3.05, 3.63) is 0 Å². The van der Waals surface area contributed by atoms with E-state index in [1.807, 2.05) is 0 Å². The van der Waals surface area contributed by atoms with Crippen molar-refractivity contribution in [3.63, 3.8) is 0 Å². The molecule has 1 fully saturated rings. The molecule has 3 nitrogen and oxygen atoms in total. The SMILES string of the molecule is CC(C)(O)CSCC1(CC(=O)O)CC1. The average Bonchev–Trinajstić information content (AvgIpc) is 2.64. The second kappa shape index (κ2) is 4.11. The third-order valence-corrected chi connectivity index (χ3v) is 4.07. The molecule has 0 bridgehead atoms. The molecule has 14 heavy (non-hydrogen) atoms. The van der Waals surface area contributed by atoms with E-state index in [1.54, 1.807) is 25.6 Å². The van der Waals surface area contributed by atoms with Gasteiger partial charge in [-0.2, -0.15) is 11.8 Å². The molecule has 0 radical (unpaired) electrons. The minimum Gasteiger partial charge on any atom is -0.481 e. The van der Waals surface area contributed by atoms with Crippen molar-refractivity contribution in [1.82, 2.24) is 0 Å². The Kier molecular flexibility index (Phi) is 3.48. The van der Waals surface area contributed by atoms with Crippen LogP contribution >= 0.6 is 11.8 Å². The maximum atomic E-state index is 10.6. The van der Waals surface area contributed by atoms with Gasteiger partial charge in [-0.3, -0.25) is 4.79 Å². The first kappa shape index (κ1) is 11.9. The van der Waals surface area contributed by atoms with E-state index < -0.39 is 11.6 Å². The van der Waals surface area contributed by atoms with Crippen molar-refractivity contribution in [2.45, 2.75) is 38.7 Å². The molecule has 1 aliphatic carbocycles. The van der Waals surface area contributed by atoms with E-state index in [0.717, 1.165) is 18.6 Å². The maximum absolute atomic E-state index is 10.6. The first-order valence-corrected chi connectivity index (χ1v) is 6.00. The third-order valence-electron chi connectivity index (χ3n) is 2.35. The molecule has 1 aliphatic rings. The Hall–Kier alpha value is -0.220. The van der Waals surface area contributed by atoms with Gasteiger partial charge in [0.1, 0.15) is 0 Å². The van der Waals surface area contributed by atoms with Crippen LogP contribution in [0.2, 0.25) is 0 Å². The first-order valence-electron chi connectivity index (χ1n) is 4.85. The van der Waals surface area contributed by atoms with Gasteiger partial charge in [-0.25, -0.2) is 0 Å². The van der Waals surface area contributed by atoms with Crippen LogP contribution in [0.15, 0.2) is 0 Å². The lowest BCUT2D eigenvalue weighted by Crippen LogP contribution is -2.23. The van der Waals surface area contributed by atoms with Crippen molar-refractivity contribution in [2.24, 2.45) is 5.41 Å². The van der Waals surface area contributed by atoms with Crippen molar-refractivity contribution in [1.29, 1.82) is 0 Å². The van der Waals surface area contributed by atoms with E-state index in [2.05, 4.69) is 0 Å². The van der Waals surface area contributed by atoms with Gasteiger partial charge in [0.25, 0.3) is 0 Å². The smallest absolute Gasteiger partial charge is 0.303 e. The molecule has 0 amide bonds. The van der Waals surface area contributed by atoms with Gasteiger partial charge in [-0.05, 0) is 37.9 Å². The Morgan fingerprint density at radius 2 is 2.07 bits per heavy atom. The molecule has 1 rings (SSSR count). The quantitative estimate of drug-likeness (QED) is 0.713. The number of aliphatic hydroxyl groups is 1. The van der Waals surface area contributed by atoms with Crippen molar-refractivity contribution < 1.29 is 15.0 Å². The summed E-state index contributed by atoms with van der Waals surface area (Å²) >= 11 is 1.66. The normalized spacial score (nSPS) is 19.4. The Morgan fingerprint density at radius 3 is 2.43 bits per heavy atom. The molecule has 0 aromatic carbocycles. The van der Waals surface area contributed by atoms with E-state index in [0.29, 0.717) is 5.75 Å². The molecule has 82 valence electrons. The summed E-state index contributed by atoms with van der Waals surface area (Å²) in [7, 11) is 0. The van der Waals surface area contributed by atoms with Gasteiger partial charge in [-0.1, -0.05) is 0 Å². The summed E-state index contributed by atoms with van der Waals surface area (Å²) in [5.41, 5.74) is -0.605. The molecule has 0 saturated heterocycles. The van der Waals surface area contributed by atoms with Gasteiger partial charge >= 0.3 is 5.97 Å². The largest absolute Gasteiger partial charge is 0.481 e. The fourth-order valence-electron chi connectivity index (χ4n) is 1.39. The highest BCUT2D eigenvalue weighted by Gasteiger charge is 2.44. The molecule has 0 aliphatic heterocycles. The fourth-order valence-corrected chi connectivity index (χ4v) is 2.81. The van der Waals surface area contributed by atoms with Crippen LogP contribution in [0.5, 0.6) is 0 Å². The number of carbonyl (C=O) groups is 1. The summed E-state index contributed by atoms with van der Waals surface area (Å²) in [6.45, 7) is 3.55. The van der Waals surface area contributed by atoms with E-state index in [9.17, 15) is 9.90 Å². The van der Waals surface area contributed by atoms with E-state index in [4.69, 9.17) is 5.11 Å². The van der Waals surface area contributed by atoms with Crippen LogP contribution in [-0.4, -0.2) is 33.3 Å². The molecule has 0 heterocycles. The van der Waals surface area contributed by atoms with Crippen LogP contribution in [0.4, 0.5) is 0 Å². The van der Waals surface area contributed by atoms with Crippen LogP contribution < -0.4 is 0 Å². The minimum absolute atomic E-state index is 0.0434. The Morgan fingerprint density at radius 1 is 1.50 bits per heavy atom. The van der Waals surface area contributed by atoms with E-state index in [-0.39, 0.29) is 11.8 Å². The molecule has 0 aromatic heterocycles. The lowest BCUT2D eigenvalue weighted by atomic mass is 10.1. The van der Waals surface area contributed by atoms with Gasteiger partial charge in [0.2, 0.25) is 0 Å². The fraction of sp³-hybridized carbons (Fsp3) is 0.900. The number of thioether (sulfide) groups is 1. The molecular formula is C10H18O3S. The number of carboxylic acids is 1. The van der Waals surface area contributed by atoms with Crippen LogP contribution in [0, 0.1) is 5.41 Å². The second-order valence-electron chi connectivity index (χ2n) is 4.88. The summed E-state index contributed by atoms with van der Waals surface area (Å²) in [5, 5.41) is 18.2. The summed E-state index contributed by atoms with van der Waals surface area (Å²) in [5.74, 6) is 0.837. The molecule has 0 unspecified atom stereocenters. The molecular weight excluding hydrogens is 200 g/mol. The number of hydrogen-bond acceptors (Lipinski definition) is 3. The summed E-state index contributed by atoms with van der Waals surface area (Å²) < 4.78 is 0. The number of carboxylic acid groups (broad SMARTS) is 1. The summed E-state index contributed by atoms with van der Waals surface area (Å²) in [6, 6.07) is 0. The zero-order valence-electron chi connectivity index (χ0n) is 8.75. The van der Waals surface area contributed by atoms with Crippen LogP contribution in [0.25, 0.3) is 0 Å². The standard InChI is InChI=1S/C10H18O3S/c1-9(2,13)6-14-7-10(3-4-10)5-8(11)12/h13H,3-7H2,1-2H3,(H,11,12). The minimum atomic E-state index is -0.702. The first-order chi connectivity index (χ1) is 6.33. The molecule has 2 N–H and O–H groups in total. The zero-order chi connectivity index (χ0) is 10.8. The highest BCUT2D eigenvalue weighted by molar-refractivity contribution is 7.99. The lowest BCUT2D eigenvalue weighted by Gasteiger charge is -2.18. The number of hydrogen-bond donors (Lipinski definition) is 2. The summed E-state index contributed by atoms with van der Waals surface area (Å²) in [4.78, 5) is 10.6. The molecule has 1 saturated carbocycles. The van der Waals surface area contributed by atoms with Crippen LogP contribution in [-0.2, 0) is 4.79 Å². The number of aliphatic carboxylic acids is 1. The highest BCUT2D eigenvalue weighted by Crippen LogP contribution is 2.51. The predicted molar refractivity (Wildman–Crippen MR) is 57.5 cm³/mol. The predicted octanol–water partition coefficient (Wildman–Crippen LogP) is 1.75. The maximum Gasteiger partial charge on any atom is 0.303 e. The monoisotopic (exact) mass is 218 g/mol. The van der Waals surface area contributed by atoms with E-state index >= 15 is 0 Å². The van der Waals surface area contributed by atoms with Gasteiger partial charge in [0.15, 0.2) is 0 Å². The molecule has 0 spiro atoms.